The van der Waals surface area contributed by atoms with Crippen LogP contribution < -0.4 is 9.80 Å². The van der Waals surface area contributed by atoms with Crippen LogP contribution in [-0.4, -0.2) is 69.8 Å². The van der Waals surface area contributed by atoms with Gasteiger partial charge in [0.1, 0.15) is 17.0 Å². The third-order valence-electron chi connectivity index (χ3n) is 9.75. The Labute approximate surface area is 267 Å². The Kier molecular flexibility index (Phi) is 8.33. The Morgan fingerprint density at radius 2 is 1.74 bits per heavy atom. The van der Waals surface area contributed by atoms with Crippen molar-refractivity contribution < 1.29 is 17.9 Å². The normalized spacial score (nSPS) is 18.4. The van der Waals surface area contributed by atoms with Crippen molar-refractivity contribution in [1.82, 2.24) is 29.9 Å². The molecular weight excluding hydrogens is 593 g/mol. The summed E-state index contributed by atoms with van der Waals surface area (Å²) in [6, 6.07) is 3.05. The molecule has 4 aromatic rings. The van der Waals surface area contributed by atoms with Crippen LogP contribution in [-0.2, 0) is 10.9 Å². The van der Waals surface area contributed by atoms with Crippen LogP contribution in [0.15, 0.2) is 30.7 Å². The molecule has 1 aliphatic heterocycles. The van der Waals surface area contributed by atoms with Gasteiger partial charge in [-0.15, -0.1) is 0 Å². The monoisotopic (exact) mass is 634 g/mol. The van der Waals surface area contributed by atoms with Gasteiger partial charge in [-0.1, -0.05) is 12.8 Å². The van der Waals surface area contributed by atoms with Crippen LogP contribution in [0.1, 0.15) is 81.9 Å². The molecule has 12 heteroatoms. The standard InChI is InChI=1S/C34H41F3N8O/c1-3-46-21-33(11-5-6-12-33)20-44(2)27-16-25(23-15-24(34(35,36)37)29(40-17-23)22-9-10-22)41-32-30(27)42-31(43-32)26-18-39-28(19-38-26)45-13-7-4-8-14-45/h15-19,22H,3-14,20-21H2,1-2H3,(H,41,42,43). The van der Waals surface area contributed by atoms with E-state index in [0.717, 1.165) is 82.5 Å². The zero-order chi connectivity index (χ0) is 31.9. The van der Waals surface area contributed by atoms with Crippen molar-refractivity contribution in [3.05, 3.63) is 42.0 Å². The SMILES string of the molecule is CCOCC1(CN(C)c2cc(-c3cnc(C4CC4)c(C(F)(F)F)c3)nc3nc(-c4cnc(N5CCCCC5)cn4)[nH]c23)CCCC1. The molecule has 2 saturated carbocycles. The molecular formula is C34H41F3N8O. The largest absolute Gasteiger partial charge is 0.418 e. The number of halogens is 3. The Bertz CT molecular complexity index is 1670. The molecule has 0 spiro atoms. The Morgan fingerprint density at radius 1 is 0.957 bits per heavy atom. The van der Waals surface area contributed by atoms with Gasteiger partial charge in [0.25, 0.3) is 0 Å². The summed E-state index contributed by atoms with van der Waals surface area (Å²) in [5.41, 5.74) is 2.63. The van der Waals surface area contributed by atoms with E-state index in [-0.39, 0.29) is 17.0 Å². The summed E-state index contributed by atoms with van der Waals surface area (Å²) < 4.78 is 48.5. The molecule has 46 heavy (non-hydrogen) atoms. The van der Waals surface area contributed by atoms with E-state index in [1.54, 1.807) is 12.4 Å². The lowest BCUT2D eigenvalue weighted by atomic mass is 9.86. The number of nitrogens with one attached hydrogen (secondary N) is 1. The van der Waals surface area contributed by atoms with Crippen LogP contribution >= 0.6 is 0 Å². The van der Waals surface area contributed by atoms with E-state index < -0.39 is 11.7 Å². The first-order chi connectivity index (χ1) is 22.2. The second kappa shape index (κ2) is 12.4. The number of aromatic amines is 1. The molecule has 1 N–H and O–H groups in total. The summed E-state index contributed by atoms with van der Waals surface area (Å²) in [5, 5.41) is 0. The maximum absolute atomic E-state index is 14.2. The fraction of sp³-hybridized carbons (Fsp3) is 0.559. The van der Waals surface area contributed by atoms with Crippen LogP contribution in [0, 0.1) is 5.41 Å². The number of ether oxygens (including phenoxy) is 1. The van der Waals surface area contributed by atoms with Crippen LogP contribution in [0.3, 0.4) is 0 Å². The lowest BCUT2D eigenvalue weighted by Crippen LogP contribution is -2.37. The molecule has 5 heterocycles. The quantitative estimate of drug-likeness (QED) is 0.193. The molecule has 1 saturated heterocycles. The highest BCUT2D eigenvalue weighted by molar-refractivity contribution is 5.91. The van der Waals surface area contributed by atoms with E-state index in [2.05, 4.69) is 29.7 Å². The fourth-order valence-electron chi connectivity index (χ4n) is 7.18. The van der Waals surface area contributed by atoms with Crippen molar-refractivity contribution in [2.75, 3.05) is 49.7 Å². The molecule has 0 aromatic carbocycles. The van der Waals surface area contributed by atoms with Crippen molar-refractivity contribution >= 4 is 22.7 Å². The van der Waals surface area contributed by atoms with E-state index >= 15 is 0 Å². The maximum Gasteiger partial charge on any atom is 0.418 e. The van der Waals surface area contributed by atoms with Crippen LogP contribution in [0.5, 0.6) is 0 Å². The number of rotatable bonds is 10. The molecule has 0 radical (unpaired) electrons. The molecule has 0 atom stereocenters. The highest BCUT2D eigenvalue weighted by Crippen LogP contribution is 2.46. The number of hydrogen-bond acceptors (Lipinski definition) is 8. The van der Waals surface area contributed by atoms with Gasteiger partial charge >= 0.3 is 6.18 Å². The van der Waals surface area contributed by atoms with E-state index in [0.29, 0.717) is 47.2 Å². The zero-order valence-corrected chi connectivity index (χ0v) is 26.5. The van der Waals surface area contributed by atoms with E-state index in [1.807, 2.05) is 20.0 Å². The van der Waals surface area contributed by atoms with Gasteiger partial charge in [-0.3, -0.25) is 4.98 Å². The van der Waals surface area contributed by atoms with Crippen molar-refractivity contribution in [2.24, 2.45) is 5.41 Å². The van der Waals surface area contributed by atoms with Crippen LogP contribution in [0.2, 0.25) is 0 Å². The first-order valence-electron chi connectivity index (χ1n) is 16.6. The molecule has 2 aliphatic carbocycles. The minimum atomic E-state index is -4.50. The van der Waals surface area contributed by atoms with Gasteiger partial charge in [0, 0.05) is 56.4 Å². The van der Waals surface area contributed by atoms with Gasteiger partial charge in [-0.05, 0) is 64.0 Å². The number of nitrogens with zero attached hydrogens (tertiary/aromatic N) is 7. The number of hydrogen-bond donors (Lipinski definition) is 1. The van der Waals surface area contributed by atoms with Gasteiger partial charge < -0.3 is 19.5 Å². The minimum absolute atomic E-state index is 0.00392. The van der Waals surface area contributed by atoms with Crippen molar-refractivity contribution in [2.45, 2.75) is 76.8 Å². The Morgan fingerprint density at radius 3 is 2.41 bits per heavy atom. The number of H-pyrrole nitrogens is 1. The molecule has 0 bridgehead atoms. The predicted molar refractivity (Wildman–Crippen MR) is 172 cm³/mol. The lowest BCUT2D eigenvalue weighted by Gasteiger charge is -2.34. The first kappa shape index (κ1) is 30.8. The van der Waals surface area contributed by atoms with Gasteiger partial charge in [0.05, 0.1) is 41.6 Å². The highest BCUT2D eigenvalue weighted by atomic mass is 19.4. The summed E-state index contributed by atoms with van der Waals surface area (Å²) in [7, 11) is 2.02. The van der Waals surface area contributed by atoms with E-state index in [1.165, 1.54) is 18.7 Å². The molecule has 0 unspecified atom stereocenters. The van der Waals surface area contributed by atoms with E-state index in [4.69, 9.17) is 14.7 Å². The van der Waals surface area contributed by atoms with Gasteiger partial charge in [-0.2, -0.15) is 13.2 Å². The third kappa shape index (κ3) is 6.28. The molecule has 3 aliphatic rings. The van der Waals surface area contributed by atoms with Crippen molar-refractivity contribution in [3.63, 3.8) is 0 Å². The fourth-order valence-corrected chi connectivity index (χ4v) is 7.18. The Balaban J connectivity index is 1.29. The molecule has 0 amide bonds. The molecule has 9 nitrogen and oxygen atoms in total. The lowest BCUT2D eigenvalue weighted by molar-refractivity contribution is -0.138. The van der Waals surface area contributed by atoms with Gasteiger partial charge in [0.15, 0.2) is 11.5 Å². The van der Waals surface area contributed by atoms with Gasteiger partial charge in [0.2, 0.25) is 0 Å². The number of anilines is 2. The number of fused-ring (bicyclic) bond motifs is 1. The summed E-state index contributed by atoms with van der Waals surface area (Å²) in [6.07, 6.45) is 9.93. The number of imidazole rings is 1. The summed E-state index contributed by atoms with van der Waals surface area (Å²) >= 11 is 0. The predicted octanol–water partition coefficient (Wildman–Crippen LogP) is 7.40. The zero-order valence-electron chi connectivity index (χ0n) is 26.5. The minimum Gasteiger partial charge on any atom is -0.381 e. The summed E-state index contributed by atoms with van der Waals surface area (Å²) in [6.45, 7) is 6.01. The second-order valence-corrected chi connectivity index (χ2v) is 13.2. The molecule has 4 aromatic heterocycles. The smallest absolute Gasteiger partial charge is 0.381 e. The highest BCUT2D eigenvalue weighted by Gasteiger charge is 2.40. The topological polar surface area (TPSA) is 95.9 Å². The summed E-state index contributed by atoms with van der Waals surface area (Å²) in [5.74, 6) is 1.22. The van der Waals surface area contributed by atoms with E-state index in [9.17, 15) is 13.2 Å². The number of aromatic nitrogens is 6. The van der Waals surface area contributed by atoms with Crippen LogP contribution in [0.25, 0.3) is 33.9 Å². The third-order valence-corrected chi connectivity index (χ3v) is 9.75. The van der Waals surface area contributed by atoms with Crippen molar-refractivity contribution in [3.8, 4) is 22.8 Å². The van der Waals surface area contributed by atoms with Crippen molar-refractivity contribution in [1.29, 1.82) is 0 Å². The van der Waals surface area contributed by atoms with Gasteiger partial charge in [-0.25, -0.2) is 19.9 Å². The van der Waals surface area contributed by atoms with Crippen LogP contribution in [0.4, 0.5) is 24.7 Å². The second-order valence-electron chi connectivity index (χ2n) is 13.2. The molecule has 244 valence electrons. The number of piperidine rings is 1. The number of pyridine rings is 2. The maximum atomic E-state index is 14.2. The molecule has 7 rings (SSSR count). The Hall–Kier alpha value is -3.80. The summed E-state index contributed by atoms with van der Waals surface area (Å²) in [4.78, 5) is 31.1. The average molecular weight is 635 g/mol. The number of alkyl halides is 3. The average Bonchev–Trinajstić information content (AvgIpc) is 3.66. The first-order valence-corrected chi connectivity index (χ1v) is 16.6. The molecule has 3 fully saturated rings.